The van der Waals surface area contributed by atoms with E-state index in [4.69, 9.17) is 42.3 Å². The number of benzene rings is 2. The molecule has 2 rings (SSSR count). The van der Waals surface area contributed by atoms with E-state index >= 15 is 0 Å². The fourth-order valence-electron chi connectivity index (χ4n) is 3.21. The van der Waals surface area contributed by atoms with Crippen LogP contribution in [0.1, 0.15) is 79.8 Å². The summed E-state index contributed by atoms with van der Waals surface area (Å²) in [5.74, 6) is -2.96. The summed E-state index contributed by atoms with van der Waals surface area (Å²) in [6, 6.07) is 14.6. The zero-order valence-electron chi connectivity index (χ0n) is 23.4. The Kier molecular flexibility index (Phi) is 14.6. The molecule has 39 heavy (non-hydrogen) atoms. The lowest BCUT2D eigenvalue weighted by Gasteiger charge is -2.25. The van der Waals surface area contributed by atoms with Crippen molar-refractivity contribution in [3.05, 3.63) is 70.8 Å². The molecule has 12 N–H and O–H groups in total. The SMILES string of the molecule is CC(C)(C)c1ccccc1C(=O)O.CC(C)(C)c1ccccc1C(=O)O.NC(N)(N)CC[Si](N)(N)O[Si]O[Si]. The third kappa shape index (κ3) is 15.2. The van der Waals surface area contributed by atoms with Crippen LogP contribution in [0.2, 0.25) is 6.04 Å². The van der Waals surface area contributed by atoms with Crippen molar-refractivity contribution in [3.63, 3.8) is 0 Å². The van der Waals surface area contributed by atoms with Gasteiger partial charge in [0, 0.05) is 0 Å². The second-order valence-electron chi connectivity index (χ2n) is 11.1. The Morgan fingerprint density at radius 2 is 1.18 bits per heavy atom. The minimum Gasteiger partial charge on any atom is -0.478 e. The monoisotopic (exact) mass is 592 g/mol. The Balaban J connectivity index is 0.000000555. The van der Waals surface area contributed by atoms with Gasteiger partial charge < -0.3 is 46.4 Å². The summed E-state index contributed by atoms with van der Waals surface area (Å²) in [7, 11) is -0.193. The number of rotatable bonds is 8. The molecule has 11 nitrogen and oxygen atoms in total. The van der Waals surface area contributed by atoms with E-state index in [0.717, 1.165) is 11.1 Å². The molecule has 0 fully saturated rings. The average molecular weight is 593 g/mol. The predicted molar refractivity (Wildman–Crippen MR) is 157 cm³/mol. The average Bonchev–Trinajstić information content (AvgIpc) is 2.81. The number of carboxylic acids is 2. The van der Waals surface area contributed by atoms with E-state index in [-0.39, 0.29) is 20.8 Å². The summed E-state index contributed by atoms with van der Waals surface area (Å²) in [6.45, 7) is 12.1. The smallest absolute Gasteiger partial charge is 0.411 e. The fraction of sp³-hybridized carbons (Fsp3) is 0.440. The van der Waals surface area contributed by atoms with Crippen molar-refractivity contribution in [1.29, 1.82) is 0 Å². The van der Waals surface area contributed by atoms with Crippen LogP contribution in [0.5, 0.6) is 0 Å². The van der Waals surface area contributed by atoms with Crippen LogP contribution in [-0.2, 0) is 19.1 Å². The highest BCUT2D eigenvalue weighted by atomic mass is 28.4. The molecule has 0 atom stereocenters. The standard InChI is InChI=1S/2C11H14O2.C3H14N5O2Si3/c2*1-11(2,3)9-7-5-4-6-8(9)10(12)13;4-3(5,6)1-2-13(7,8)10-12-9-11/h2*4-7H,1-3H3,(H,12,13);1-2,4-8H2. The first kappa shape index (κ1) is 36.8. The van der Waals surface area contributed by atoms with Gasteiger partial charge >= 0.3 is 30.6 Å². The first-order valence-electron chi connectivity index (χ1n) is 12.0. The first-order chi connectivity index (χ1) is 17.6. The van der Waals surface area contributed by atoms with E-state index < -0.39 is 26.4 Å². The molecule has 0 bridgehead atoms. The van der Waals surface area contributed by atoms with Crippen molar-refractivity contribution >= 4 is 41.1 Å². The highest BCUT2D eigenvalue weighted by Crippen LogP contribution is 2.26. The van der Waals surface area contributed by atoms with Crippen LogP contribution in [-0.4, -0.2) is 57.1 Å². The Morgan fingerprint density at radius 3 is 1.44 bits per heavy atom. The fourth-order valence-corrected chi connectivity index (χ4v) is 5.60. The molecule has 2 aromatic carbocycles. The lowest BCUT2D eigenvalue weighted by atomic mass is 9.84. The van der Waals surface area contributed by atoms with E-state index in [2.05, 4.69) is 14.6 Å². The zero-order valence-corrected chi connectivity index (χ0v) is 26.4. The molecule has 0 saturated carbocycles. The third-order valence-corrected chi connectivity index (χ3v) is 8.37. The van der Waals surface area contributed by atoms with Crippen LogP contribution in [0.25, 0.3) is 0 Å². The van der Waals surface area contributed by atoms with Crippen molar-refractivity contribution in [3.8, 4) is 0 Å². The molecule has 14 heteroatoms. The summed E-state index contributed by atoms with van der Waals surface area (Å²) in [5.41, 5.74) is 18.4. The molecule has 5 radical (unpaired) electrons. The van der Waals surface area contributed by atoms with Gasteiger partial charge in [0.15, 0.2) is 0 Å². The van der Waals surface area contributed by atoms with E-state index in [1.165, 1.54) is 0 Å². The quantitative estimate of drug-likeness (QED) is 0.173. The summed E-state index contributed by atoms with van der Waals surface area (Å²) >= 11 is 0. The normalized spacial score (nSPS) is 12.0. The lowest BCUT2D eigenvalue weighted by Crippen LogP contribution is -2.64. The van der Waals surface area contributed by atoms with Crippen LogP contribution in [0, 0.1) is 0 Å². The van der Waals surface area contributed by atoms with Gasteiger partial charge in [0.2, 0.25) is 10.5 Å². The molecule has 0 heterocycles. The zero-order chi connectivity index (χ0) is 30.7. The van der Waals surface area contributed by atoms with Gasteiger partial charge in [0.25, 0.3) is 0 Å². The second kappa shape index (κ2) is 15.5. The largest absolute Gasteiger partial charge is 0.478 e. The van der Waals surface area contributed by atoms with E-state index in [1.54, 1.807) is 24.3 Å². The van der Waals surface area contributed by atoms with Gasteiger partial charge in [-0.2, -0.15) is 0 Å². The van der Waals surface area contributed by atoms with Crippen molar-refractivity contribution < 1.29 is 28.0 Å². The molecule has 0 aromatic heterocycles. The molecule has 215 valence electrons. The number of aromatic carboxylic acids is 2. The van der Waals surface area contributed by atoms with Crippen LogP contribution in [0.3, 0.4) is 0 Å². The molecule has 0 aliphatic rings. The lowest BCUT2D eigenvalue weighted by molar-refractivity contribution is 0.0683. The van der Waals surface area contributed by atoms with Gasteiger partial charge in [-0.1, -0.05) is 77.9 Å². The molecule has 0 saturated heterocycles. The van der Waals surface area contributed by atoms with E-state index in [9.17, 15) is 9.59 Å². The highest BCUT2D eigenvalue weighted by molar-refractivity contribution is 6.71. The maximum absolute atomic E-state index is 10.9. The topological polar surface area (TPSA) is 223 Å². The Bertz CT molecular complexity index is 1000. The number of nitrogens with two attached hydrogens (primary N) is 5. The summed E-state index contributed by atoms with van der Waals surface area (Å²) in [4.78, 5) is 21.7. The molecule has 0 aliphatic heterocycles. The summed E-state index contributed by atoms with van der Waals surface area (Å²) < 4.78 is 9.56. The van der Waals surface area contributed by atoms with Crippen molar-refractivity contribution in [2.45, 2.75) is 70.6 Å². The second-order valence-corrected chi connectivity index (χ2v) is 15.3. The van der Waals surface area contributed by atoms with Gasteiger partial charge in [0.05, 0.1) is 11.1 Å². The third-order valence-electron chi connectivity index (χ3n) is 5.15. The van der Waals surface area contributed by atoms with Crippen LogP contribution >= 0.6 is 0 Å². The number of carbonyl (C=O) groups is 2. The number of hydrogen-bond donors (Lipinski definition) is 7. The number of hydrogen-bond acceptors (Lipinski definition) is 9. The van der Waals surface area contributed by atoms with Crippen LogP contribution in [0.4, 0.5) is 0 Å². The summed E-state index contributed by atoms with van der Waals surface area (Å²) in [6.07, 6.45) is 0.304. The van der Waals surface area contributed by atoms with Gasteiger partial charge in [-0.15, -0.1) is 0 Å². The molecular formula is C25H42N5O6Si3. The maximum atomic E-state index is 10.9. The molecule has 0 unspecified atom stereocenters. The van der Waals surface area contributed by atoms with E-state index in [1.807, 2.05) is 65.8 Å². The predicted octanol–water partition coefficient (Wildman–Crippen LogP) is 1.78. The number of carboxylic acid groups (broad SMARTS) is 2. The molecular weight excluding hydrogens is 551 g/mol. The van der Waals surface area contributed by atoms with Crippen LogP contribution < -0.4 is 28.0 Å². The van der Waals surface area contributed by atoms with Gasteiger partial charge in [-0.3, -0.25) is 0 Å². The molecule has 0 aliphatic carbocycles. The van der Waals surface area contributed by atoms with Gasteiger partial charge in [-0.05, 0) is 46.6 Å². The minimum atomic E-state index is -2.72. The van der Waals surface area contributed by atoms with Crippen molar-refractivity contribution in [1.82, 2.24) is 0 Å². The van der Waals surface area contributed by atoms with E-state index in [0.29, 0.717) is 23.6 Å². The highest BCUT2D eigenvalue weighted by Gasteiger charge is 2.29. The Hall–Kier alpha value is -2.25. The Morgan fingerprint density at radius 1 is 0.821 bits per heavy atom. The maximum Gasteiger partial charge on any atom is 0.411 e. The first-order valence-corrected chi connectivity index (χ1v) is 15.5. The van der Waals surface area contributed by atoms with Crippen molar-refractivity contribution in [2.24, 2.45) is 28.0 Å². The molecule has 0 spiro atoms. The summed E-state index contributed by atoms with van der Waals surface area (Å²) in [5, 5.41) is 29.1. The Labute approximate surface area is 238 Å². The van der Waals surface area contributed by atoms with Gasteiger partial charge in [-0.25, -0.2) is 9.59 Å². The van der Waals surface area contributed by atoms with Crippen LogP contribution in [0.15, 0.2) is 48.5 Å². The van der Waals surface area contributed by atoms with Crippen molar-refractivity contribution in [2.75, 3.05) is 0 Å². The molecule has 0 amide bonds. The minimum absolute atomic E-state index is 0.116. The molecule has 2 aromatic rings. The van der Waals surface area contributed by atoms with Gasteiger partial charge in [0.1, 0.15) is 5.79 Å².